The number of rotatable bonds is 5. The highest BCUT2D eigenvalue weighted by atomic mass is 16.7. The summed E-state index contributed by atoms with van der Waals surface area (Å²) in [6.07, 6.45) is 0. The van der Waals surface area contributed by atoms with Crippen LogP contribution in [0.2, 0.25) is 0 Å². The minimum absolute atomic E-state index is 0.221. The molecule has 94 valence electrons. The Bertz CT molecular complexity index is 497. The van der Waals surface area contributed by atoms with Crippen LogP contribution in [0.3, 0.4) is 0 Å². The van der Waals surface area contributed by atoms with Crippen LogP contribution in [-0.4, -0.2) is 6.79 Å². The normalized spacial score (nSPS) is 10.3. The van der Waals surface area contributed by atoms with Gasteiger partial charge in [0.2, 0.25) is 0 Å². The van der Waals surface area contributed by atoms with Crippen LogP contribution in [-0.2, 0) is 11.3 Å². The monoisotopic (exact) mass is 243 g/mol. The van der Waals surface area contributed by atoms with Crippen molar-refractivity contribution in [2.45, 2.75) is 13.5 Å². The molecule has 0 aliphatic heterocycles. The second kappa shape index (κ2) is 6.07. The molecule has 2 aromatic carbocycles. The molecule has 0 heterocycles. The van der Waals surface area contributed by atoms with Gasteiger partial charge in [-0.05, 0) is 24.6 Å². The van der Waals surface area contributed by atoms with Crippen molar-refractivity contribution < 1.29 is 9.47 Å². The highest BCUT2D eigenvalue weighted by molar-refractivity contribution is 5.53. The fourth-order valence-corrected chi connectivity index (χ4v) is 1.63. The third-order valence-electron chi connectivity index (χ3n) is 2.74. The van der Waals surface area contributed by atoms with Crippen molar-refractivity contribution in [3.63, 3.8) is 0 Å². The van der Waals surface area contributed by atoms with Gasteiger partial charge in [0, 0.05) is 11.3 Å². The molecule has 18 heavy (non-hydrogen) atoms. The molecule has 0 aromatic heterocycles. The van der Waals surface area contributed by atoms with Gasteiger partial charge in [0.15, 0.2) is 6.79 Å². The van der Waals surface area contributed by atoms with Gasteiger partial charge in [-0.3, -0.25) is 0 Å². The second-order valence-corrected chi connectivity index (χ2v) is 4.07. The van der Waals surface area contributed by atoms with E-state index in [4.69, 9.17) is 15.2 Å². The molecular formula is C15H17NO2. The molecule has 0 amide bonds. The number of benzene rings is 2. The van der Waals surface area contributed by atoms with Crippen LogP contribution < -0.4 is 10.5 Å². The van der Waals surface area contributed by atoms with Gasteiger partial charge in [-0.2, -0.15) is 0 Å². The summed E-state index contributed by atoms with van der Waals surface area (Å²) >= 11 is 0. The van der Waals surface area contributed by atoms with Gasteiger partial charge in [0.05, 0.1) is 6.61 Å². The predicted octanol–water partition coefficient (Wildman–Crippen LogP) is 3.13. The van der Waals surface area contributed by atoms with Crippen molar-refractivity contribution in [2.75, 3.05) is 12.5 Å². The molecule has 2 rings (SSSR count). The minimum atomic E-state index is 0.221. The molecule has 0 aliphatic rings. The summed E-state index contributed by atoms with van der Waals surface area (Å²) in [7, 11) is 0. The molecule has 0 saturated carbocycles. The van der Waals surface area contributed by atoms with E-state index in [1.54, 1.807) is 0 Å². The number of nitrogens with two attached hydrogens (primary N) is 1. The van der Waals surface area contributed by atoms with E-state index in [0.29, 0.717) is 6.61 Å². The van der Waals surface area contributed by atoms with Crippen LogP contribution in [0.15, 0.2) is 48.5 Å². The molecule has 0 saturated heterocycles. The first-order chi connectivity index (χ1) is 8.77. The third kappa shape index (κ3) is 3.25. The van der Waals surface area contributed by atoms with Gasteiger partial charge in [0.25, 0.3) is 0 Å². The number of hydrogen-bond donors (Lipinski definition) is 1. The molecule has 0 atom stereocenters. The zero-order valence-electron chi connectivity index (χ0n) is 10.4. The molecule has 0 bridgehead atoms. The SMILES string of the molecule is Cc1c(N)cccc1OCOCc1ccccc1. The lowest BCUT2D eigenvalue weighted by molar-refractivity contribution is 0.00472. The Morgan fingerprint density at radius 3 is 2.56 bits per heavy atom. The molecule has 0 unspecified atom stereocenters. The quantitative estimate of drug-likeness (QED) is 0.498. The zero-order chi connectivity index (χ0) is 12.8. The Hall–Kier alpha value is -2.00. The van der Waals surface area contributed by atoms with E-state index >= 15 is 0 Å². The Labute approximate surface area is 107 Å². The Morgan fingerprint density at radius 2 is 1.78 bits per heavy atom. The highest BCUT2D eigenvalue weighted by Crippen LogP contribution is 2.22. The van der Waals surface area contributed by atoms with Crippen molar-refractivity contribution >= 4 is 5.69 Å². The molecule has 0 spiro atoms. The van der Waals surface area contributed by atoms with Crippen molar-refractivity contribution in [2.24, 2.45) is 0 Å². The van der Waals surface area contributed by atoms with E-state index in [0.717, 1.165) is 22.6 Å². The summed E-state index contributed by atoms with van der Waals surface area (Å²) < 4.78 is 11.0. The fourth-order valence-electron chi connectivity index (χ4n) is 1.63. The number of ether oxygens (including phenoxy) is 2. The van der Waals surface area contributed by atoms with E-state index in [1.807, 2.05) is 55.5 Å². The number of nitrogen functional groups attached to an aromatic ring is 1. The lowest BCUT2D eigenvalue weighted by atomic mass is 10.2. The van der Waals surface area contributed by atoms with Crippen LogP contribution in [0.25, 0.3) is 0 Å². The highest BCUT2D eigenvalue weighted by Gasteiger charge is 2.01. The molecule has 2 aromatic rings. The van der Waals surface area contributed by atoms with Crippen LogP contribution in [0.4, 0.5) is 5.69 Å². The first-order valence-electron chi connectivity index (χ1n) is 5.87. The van der Waals surface area contributed by atoms with Crippen LogP contribution in [0, 0.1) is 6.92 Å². The summed E-state index contributed by atoms with van der Waals surface area (Å²) in [6, 6.07) is 15.6. The van der Waals surface area contributed by atoms with Crippen molar-refractivity contribution in [3.05, 3.63) is 59.7 Å². The predicted molar refractivity (Wildman–Crippen MR) is 72.3 cm³/mol. The topological polar surface area (TPSA) is 44.5 Å². The van der Waals surface area contributed by atoms with Gasteiger partial charge >= 0.3 is 0 Å². The van der Waals surface area contributed by atoms with Crippen LogP contribution >= 0.6 is 0 Å². The molecule has 0 aliphatic carbocycles. The van der Waals surface area contributed by atoms with Gasteiger partial charge < -0.3 is 15.2 Å². The van der Waals surface area contributed by atoms with Crippen molar-refractivity contribution in [1.29, 1.82) is 0 Å². The lowest BCUT2D eigenvalue weighted by Crippen LogP contribution is -2.04. The maximum atomic E-state index is 5.80. The van der Waals surface area contributed by atoms with Crippen LogP contribution in [0.5, 0.6) is 5.75 Å². The summed E-state index contributed by atoms with van der Waals surface area (Å²) in [5.41, 5.74) is 8.60. The number of hydrogen-bond acceptors (Lipinski definition) is 3. The summed E-state index contributed by atoms with van der Waals surface area (Å²) in [5, 5.41) is 0. The first kappa shape index (κ1) is 12.5. The van der Waals surface area contributed by atoms with E-state index in [9.17, 15) is 0 Å². The Morgan fingerprint density at radius 1 is 1.00 bits per heavy atom. The first-order valence-corrected chi connectivity index (χ1v) is 5.87. The average molecular weight is 243 g/mol. The standard InChI is InChI=1S/C15H17NO2/c1-12-14(16)8-5-9-15(12)18-11-17-10-13-6-3-2-4-7-13/h2-9H,10-11,16H2,1H3. The third-order valence-corrected chi connectivity index (χ3v) is 2.74. The summed E-state index contributed by atoms with van der Waals surface area (Å²) in [6.45, 7) is 2.70. The van der Waals surface area contributed by atoms with Gasteiger partial charge in [-0.15, -0.1) is 0 Å². The maximum Gasteiger partial charge on any atom is 0.189 e. The Balaban J connectivity index is 1.81. The minimum Gasteiger partial charge on any atom is -0.467 e. The lowest BCUT2D eigenvalue weighted by Gasteiger charge is -2.10. The maximum absolute atomic E-state index is 5.80. The molecule has 3 nitrogen and oxygen atoms in total. The molecular weight excluding hydrogens is 226 g/mol. The van der Waals surface area contributed by atoms with Crippen molar-refractivity contribution in [1.82, 2.24) is 0 Å². The van der Waals surface area contributed by atoms with Crippen LogP contribution in [0.1, 0.15) is 11.1 Å². The van der Waals surface area contributed by atoms with E-state index in [2.05, 4.69) is 0 Å². The summed E-state index contributed by atoms with van der Waals surface area (Å²) in [4.78, 5) is 0. The van der Waals surface area contributed by atoms with Crippen molar-refractivity contribution in [3.8, 4) is 5.75 Å². The molecule has 0 radical (unpaired) electrons. The number of anilines is 1. The molecule has 2 N–H and O–H groups in total. The smallest absolute Gasteiger partial charge is 0.189 e. The van der Waals surface area contributed by atoms with Gasteiger partial charge in [-0.1, -0.05) is 36.4 Å². The Kier molecular flexibility index (Phi) is 4.20. The van der Waals surface area contributed by atoms with Gasteiger partial charge in [0.1, 0.15) is 5.75 Å². The van der Waals surface area contributed by atoms with E-state index in [1.165, 1.54) is 0 Å². The fraction of sp³-hybridized carbons (Fsp3) is 0.200. The zero-order valence-corrected chi connectivity index (χ0v) is 10.4. The van der Waals surface area contributed by atoms with Gasteiger partial charge in [-0.25, -0.2) is 0 Å². The average Bonchev–Trinajstić information content (AvgIpc) is 2.40. The molecule has 3 heteroatoms. The second-order valence-electron chi connectivity index (χ2n) is 4.07. The molecule has 0 fully saturated rings. The summed E-state index contributed by atoms with van der Waals surface area (Å²) in [5.74, 6) is 0.767. The van der Waals surface area contributed by atoms with E-state index < -0.39 is 0 Å². The van der Waals surface area contributed by atoms with E-state index in [-0.39, 0.29) is 6.79 Å². The largest absolute Gasteiger partial charge is 0.467 e.